The molecule has 2 N–H and O–H groups in total. The van der Waals surface area contributed by atoms with Crippen LogP contribution in [0.4, 0.5) is 4.79 Å². The summed E-state index contributed by atoms with van der Waals surface area (Å²) in [6, 6.07) is 10.6. The van der Waals surface area contributed by atoms with E-state index < -0.39 is 11.9 Å². The van der Waals surface area contributed by atoms with Gasteiger partial charge in [0.15, 0.2) is 0 Å². The average molecular weight is 463 g/mol. The number of carboxylic acid groups (broad SMARTS) is 2. The summed E-state index contributed by atoms with van der Waals surface area (Å²) >= 11 is 0. The number of carbonyl (C=O) groups is 3. The van der Waals surface area contributed by atoms with Crippen molar-refractivity contribution in [2.45, 2.75) is 38.8 Å². The molecule has 2 saturated heterocycles. The third-order valence-electron chi connectivity index (χ3n) is 5.46. The second-order valence-electron chi connectivity index (χ2n) is 8.45. The minimum absolute atomic E-state index is 0.0720. The molecule has 3 rings (SSSR count). The van der Waals surface area contributed by atoms with Crippen LogP contribution in [-0.2, 0) is 19.1 Å². The molecule has 0 spiro atoms. The van der Waals surface area contributed by atoms with Gasteiger partial charge in [-0.15, -0.1) is 0 Å². The van der Waals surface area contributed by atoms with E-state index in [1.807, 2.05) is 11.0 Å². The summed E-state index contributed by atoms with van der Waals surface area (Å²) in [5.41, 5.74) is 1.20. The molecule has 182 valence electrons. The number of hydrogen-bond donors (Lipinski definition) is 2. The van der Waals surface area contributed by atoms with Gasteiger partial charge in [-0.3, -0.25) is 9.80 Å². The average Bonchev–Trinajstić information content (AvgIpc) is 3.14. The van der Waals surface area contributed by atoms with Crippen LogP contribution in [0.5, 0.6) is 0 Å². The van der Waals surface area contributed by atoms with Gasteiger partial charge in [0.25, 0.3) is 0 Å². The summed E-state index contributed by atoms with van der Waals surface area (Å²) in [7, 11) is 0. The number of nitrogens with zero attached hydrogens (tertiary/aromatic N) is 2. The maximum Gasteiger partial charge on any atom is 0.410 e. The number of rotatable bonds is 9. The van der Waals surface area contributed by atoms with E-state index in [0.717, 1.165) is 45.7 Å². The Hall–Kier alpha value is -2.91. The lowest BCUT2D eigenvalue weighted by molar-refractivity contribution is -0.134. The first-order valence-electron chi connectivity index (χ1n) is 11.2. The Kier molecular flexibility index (Phi) is 10.9. The third kappa shape index (κ3) is 9.23. The summed E-state index contributed by atoms with van der Waals surface area (Å²) in [4.78, 5) is 36.0. The first-order valence-corrected chi connectivity index (χ1v) is 11.2. The predicted octanol–water partition coefficient (Wildman–Crippen LogP) is 3.03. The highest BCUT2D eigenvalue weighted by Gasteiger charge is 2.39. The van der Waals surface area contributed by atoms with Crippen LogP contribution < -0.4 is 0 Å². The zero-order valence-corrected chi connectivity index (χ0v) is 19.3. The van der Waals surface area contributed by atoms with Crippen molar-refractivity contribution in [3.63, 3.8) is 0 Å². The Morgan fingerprint density at radius 2 is 1.70 bits per heavy atom. The van der Waals surface area contributed by atoms with Crippen LogP contribution in [0.15, 0.2) is 42.5 Å². The minimum Gasteiger partial charge on any atom is -0.478 e. The van der Waals surface area contributed by atoms with E-state index in [1.165, 1.54) is 5.56 Å². The minimum atomic E-state index is -1.26. The van der Waals surface area contributed by atoms with E-state index in [1.54, 1.807) is 0 Å². The molecule has 9 nitrogen and oxygen atoms in total. The summed E-state index contributed by atoms with van der Waals surface area (Å²) in [5, 5.41) is 15.6. The number of ether oxygens (including phenoxy) is 2. The number of aliphatic carboxylic acids is 2. The number of morpholine rings is 1. The summed E-state index contributed by atoms with van der Waals surface area (Å²) < 4.78 is 10.9. The fourth-order valence-electron chi connectivity index (χ4n) is 3.99. The normalized spacial score (nSPS) is 19.8. The molecule has 9 heteroatoms. The van der Waals surface area contributed by atoms with Gasteiger partial charge in [0.1, 0.15) is 6.61 Å². The fraction of sp³-hybridized carbons (Fsp3) is 0.542. The van der Waals surface area contributed by atoms with E-state index >= 15 is 0 Å². The molecule has 2 heterocycles. The van der Waals surface area contributed by atoms with Gasteiger partial charge in [-0.05, 0) is 24.3 Å². The number of carbonyl (C=O) groups excluding carboxylic acids is 1. The van der Waals surface area contributed by atoms with Gasteiger partial charge in [-0.2, -0.15) is 0 Å². The highest BCUT2D eigenvalue weighted by Crippen LogP contribution is 2.33. The van der Waals surface area contributed by atoms with E-state index in [2.05, 4.69) is 43.0 Å². The van der Waals surface area contributed by atoms with E-state index in [4.69, 9.17) is 19.7 Å². The quantitative estimate of drug-likeness (QED) is 0.538. The van der Waals surface area contributed by atoms with Crippen molar-refractivity contribution in [3.8, 4) is 0 Å². The van der Waals surface area contributed by atoms with Gasteiger partial charge in [-0.25, -0.2) is 14.4 Å². The summed E-state index contributed by atoms with van der Waals surface area (Å²) in [6.45, 7) is 9.44. The zero-order valence-electron chi connectivity index (χ0n) is 19.3. The molecule has 2 fully saturated rings. The first-order chi connectivity index (χ1) is 15.8. The van der Waals surface area contributed by atoms with Crippen molar-refractivity contribution in [1.29, 1.82) is 0 Å². The van der Waals surface area contributed by atoms with Crippen LogP contribution in [0.25, 0.3) is 0 Å². The van der Waals surface area contributed by atoms with E-state index in [-0.39, 0.29) is 18.2 Å². The third-order valence-corrected chi connectivity index (χ3v) is 5.46. The van der Waals surface area contributed by atoms with Crippen molar-refractivity contribution < 1.29 is 34.1 Å². The second kappa shape index (κ2) is 13.6. The Morgan fingerprint density at radius 3 is 2.24 bits per heavy atom. The lowest BCUT2D eigenvalue weighted by Crippen LogP contribution is -2.41. The number of benzene rings is 1. The lowest BCUT2D eigenvalue weighted by Gasteiger charge is -2.34. The Balaban J connectivity index is 0.000000414. The number of carboxylic acids is 2. The van der Waals surface area contributed by atoms with E-state index in [9.17, 15) is 14.4 Å². The van der Waals surface area contributed by atoms with Crippen molar-refractivity contribution in [1.82, 2.24) is 9.80 Å². The smallest absolute Gasteiger partial charge is 0.410 e. The molecule has 2 aliphatic heterocycles. The fourth-order valence-corrected chi connectivity index (χ4v) is 3.99. The van der Waals surface area contributed by atoms with Gasteiger partial charge in [0.05, 0.1) is 25.3 Å². The molecule has 1 amide bonds. The van der Waals surface area contributed by atoms with Crippen LogP contribution in [0, 0.1) is 5.92 Å². The highest BCUT2D eigenvalue weighted by molar-refractivity contribution is 5.89. The first kappa shape index (κ1) is 26.3. The molecular weight excluding hydrogens is 428 g/mol. The molecule has 0 aliphatic carbocycles. The molecular formula is C24H34N2O7. The molecule has 2 aliphatic rings. The summed E-state index contributed by atoms with van der Waals surface area (Å²) in [6.07, 6.45) is 2.85. The van der Waals surface area contributed by atoms with Crippen LogP contribution in [0.3, 0.4) is 0 Å². The largest absolute Gasteiger partial charge is 0.478 e. The topological polar surface area (TPSA) is 117 Å². The maximum atomic E-state index is 12.5. The Morgan fingerprint density at radius 1 is 1.09 bits per heavy atom. The molecule has 33 heavy (non-hydrogen) atoms. The van der Waals surface area contributed by atoms with Crippen molar-refractivity contribution in [2.75, 3.05) is 39.5 Å². The molecule has 0 radical (unpaired) electrons. The molecule has 2 unspecified atom stereocenters. The number of cyclic esters (lactones) is 1. The number of amides is 1. The number of hydrogen-bond acceptors (Lipinski definition) is 6. The van der Waals surface area contributed by atoms with Crippen molar-refractivity contribution in [2.24, 2.45) is 5.92 Å². The summed E-state index contributed by atoms with van der Waals surface area (Å²) in [5.74, 6) is -1.97. The molecule has 0 saturated carbocycles. The second-order valence-corrected chi connectivity index (χ2v) is 8.45. The van der Waals surface area contributed by atoms with E-state index in [0.29, 0.717) is 24.7 Å². The van der Waals surface area contributed by atoms with Crippen molar-refractivity contribution >= 4 is 18.0 Å². The van der Waals surface area contributed by atoms with Gasteiger partial charge in [-0.1, -0.05) is 44.2 Å². The highest BCUT2D eigenvalue weighted by atomic mass is 16.6. The van der Waals surface area contributed by atoms with Crippen molar-refractivity contribution in [3.05, 3.63) is 48.0 Å². The predicted molar refractivity (Wildman–Crippen MR) is 122 cm³/mol. The van der Waals surface area contributed by atoms with Gasteiger partial charge >= 0.3 is 18.0 Å². The molecule has 1 aromatic rings. The maximum absolute atomic E-state index is 12.5. The zero-order chi connectivity index (χ0) is 24.2. The van der Waals surface area contributed by atoms with Crippen LogP contribution in [0.1, 0.15) is 38.3 Å². The monoisotopic (exact) mass is 462 g/mol. The van der Waals surface area contributed by atoms with Gasteiger partial charge < -0.3 is 19.7 Å². The van der Waals surface area contributed by atoms with Crippen LogP contribution in [-0.4, -0.2) is 83.5 Å². The van der Waals surface area contributed by atoms with Gasteiger partial charge in [0, 0.05) is 31.8 Å². The lowest BCUT2D eigenvalue weighted by atomic mass is 9.97. The van der Waals surface area contributed by atoms with Crippen LogP contribution >= 0.6 is 0 Å². The molecule has 1 aromatic carbocycles. The van der Waals surface area contributed by atoms with Gasteiger partial charge in [0.2, 0.25) is 0 Å². The van der Waals surface area contributed by atoms with Crippen LogP contribution in [0.2, 0.25) is 0 Å². The molecule has 2 atom stereocenters. The SMILES string of the molecule is CC(C)CC1COC(=O)N1C(CCN1CCOCC1)c1ccccc1.O=C(O)/C=C/C(=O)O. The Bertz CT molecular complexity index is 775. The Labute approximate surface area is 194 Å². The molecule has 0 aromatic heterocycles. The molecule has 0 bridgehead atoms. The standard InChI is InChI=1S/C20H30N2O3.C4H4O4/c1-16(2)14-18-15-25-20(23)22(18)19(17-6-4-3-5-7-17)8-9-21-10-12-24-13-11-21;5-3(6)1-2-4(7)8/h3-7,16,18-19H,8-15H2,1-2H3;1-2H,(H,5,6)(H,7,8)/b;2-1+.